The Labute approximate surface area is 186 Å². The van der Waals surface area contributed by atoms with Gasteiger partial charge in [0.25, 0.3) is 0 Å². The summed E-state index contributed by atoms with van der Waals surface area (Å²) in [5, 5.41) is 6.74. The molecule has 5 atom stereocenters. The number of guanidine groups is 1. The molecule has 31 heavy (non-hydrogen) atoms. The van der Waals surface area contributed by atoms with Crippen LogP contribution >= 0.6 is 0 Å². The maximum Gasteiger partial charge on any atom is 0.233 e. The highest BCUT2D eigenvalue weighted by molar-refractivity contribution is 6.06. The first-order valence-electron chi connectivity index (χ1n) is 11.9. The van der Waals surface area contributed by atoms with Gasteiger partial charge >= 0.3 is 0 Å². The number of imide groups is 1. The van der Waals surface area contributed by atoms with Crippen LogP contribution in [0.1, 0.15) is 19.8 Å². The minimum atomic E-state index is -0.0910. The number of piperazine rings is 1. The summed E-state index contributed by atoms with van der Waals surface area (Å²) >= 11 is 0. The topological polar surface area (TPSA) is 80.3 Å². The Balaban J connectivity index is 1.13. The Bertz CT molecular complexity index is 700. The van der Waals surface area contributed by atoms with Gasteiger partial charge in [-0.1, -0.05) is 19.1 Å². The fourth-order valence-electron chi connectivity index (χ4n) is 5.66. The largest absolute Gasteiger partial charge is 0.356 e. The summed E-state index contributed by atoms with van der Waals surface area (Å²) in [6.45, 7) is 9.97. The van der Waals surface area contributed by atoms with Crippen molar-refractivity contribution in [3.8, 4) is 0 Å². The van der Waals surface area contributed by atoms with E-state index < -0.39 is 0 Å². The van der Waals surface area contributed by atoms with Crippen LogP contribution in [0.4, 0.5) is 0 Å². The van der Waals surface area contributed by atoms with Gasteiger partial charge in [-0.2, -0.15) is 0 Å². The molecule has 1 saturated carbocycles. The number of likely N-dealkylation sites (N-methyl/N-ethyl adjacent to an activating group) is 1. The smallest absolute Gasteiger partial charge is 0.233 e. The van der Waals surface area contributed by atoms with E-state index in [1.165, 1.54) is 4.90 Å². The molecule has 4 rings (SSSR count). The lowest BCUT2D eigenvalue weighted by Crippen LogP contribution is -2.47. The first-order chi connectivity index (χ1) is 15.0. The van der Waals surface area contributed by atoms with Crippen molar-refractivity contribution in [2.24, 2.45) is 34.6 Å². The molecule has 172 valence electrons. The van der Waals surface area contributed by atoms with Crippen molar-refractivity contribution >= 4 is 17.8 Å². The lowest BCUT2D eigenvalue weighted by molar-refractivity contribution is -0.140. The van der Waals surface area contributed by atoms with Crippen molar-refractivity contribution in [3.63, 3.8) is 0 Å². The van der Waals surface area contributed by atoms with E-state index in [9.17, 15) is 9.59 Å². The fraction of sp³-hybridized carbons (Fsp3) is 0.783. The highest BCUT2D eigenvalue weighted by Gasteiger charge is 2.58. The Hall–Kier alpha value is -1.93. The maximum absolute atomic E-state index is 12.7. The quantitative estimate of drug-likeness (QED) is 0.189. The molecule has 0 aromatic carbocycles. The normalized spacial score (nSPS) is 32.1. The molecule has 0 radical (unpaired) electrons. The molecule has 2 saturated heterocycles. The average Bonchev–Trinajstić information content (AvgIpc) is 3.44. The van der Waals surface area contributed by atoms with Crippen LogP contribution in [0.25, 0.3) is 0 Å². The molecule has 3 fully saturated rings. The van der Waals surface area contributed by atoms with E-state index in [-0.39, 0.29) is 35.5 Å². The molecule has 8 heteroatoms. The number of carbonyl (C=O) groups is 2. The summed E-state index contributed by atoms with van der Waals surface area (Å²) in [5.74, 6) is 1.79. The second-order valence-electron chi connectivity index (χ2n) is 9.77. The van der Waals surface area contributed by atoms with Crippen LogP contribution in [0, 0.1) is 29.6 Å². The van der Waals surface area contributed by atoms with E-state index in [1.807, 2.05) is 0 Å². The number of likely N-dealkylation sites (tertiary alicyclic amines) is 1. The molecular formula is C23H38N6O2. The van der Waals surface area contributed by atoms with Gasteiger partial charge in [0.1, 0.15) is 0 Å². The first kappa shape index (κ1) is 22.3. The lowest BCUT2D eigenvalue weighted by Gasteiger charge is -2.34. The highest BCUT2D eigenvalue weighted by Crippen LogP contribution is 2.52. The minimum absolute atomic E-state index is 0.0482. The number of aliphatic imine (C=N–C) groups is 1. The molecule has 2 heterocycles. The molecule has 0 aromatic rings. The van der Waals surface area contributed by atoms with Crippen molar-refractivity contribution in [2.45, 2.75) is 19.8 Å². The van der Waals surface area contributed by atoms with E-state index in [2.05, 4.69) is 51.5 Å². The zero-order valence-electron chi connectivity index (χ0n) is 19.2. The Morgan fingerprint density at radius 2 is 1.74 bits per heavy atom. The van der Waals surface area contributed by atoms with Gasteiger partial charge in [0.15, 0.2) is 5.96 Å². The zero-order chi connectivity index (χ0) is 22.0. The number of rotatable bonds is 8. The third kappa shape index (κ3) is 4.80. The monoisotopic (exact) mass is 430 g/mol. The third-order valence-corrected chi connectivity index (χ3v) is 7.42. The predicted octanol–water partition coefficient (Wildman–Crippen LogP) is 0.232. The Morgan fingerprint density at radius 1 is 1.10 bits per heavy atom. The van der Waals surface area contributed by atoms with Gasteiger partial charge in [-0.15, -0.1) is 0 Å². The summed E-state index contributed by atoms with van der Waals surface area (Å²) in [6, 6.07) is 0. The number of fused-ring (bicyclic) bond motifs is 5. The highest BCUT2D eigenvalue weighted by atomic mass is 16.2. The van der Waals surface area contributed by atoms with Gasteiger partial charge < -0.3 is 20.4 Å². The zero-order valence-corrected chi connectivity index (χ0v) is 19.2. The van der Waals surface area contributed by atoms with Crippen molar-refractivity contribution in [3.05, 3.63) is 12.2 Å². The predicted molar refractivity (Wildman–Crippen MR) is 122 cm³/mol. The lowest BCUT2D eigenvalue weighted by atomic mass is 9.85. The molecule has 2 bridgehead atoms. The SMILES string of the molecule is CN=C(NCCCN1C(=O)C2C3C=CC(C3)C2C1=O)NCC(C)CN1CCN(C)CC1. The molecule has 0 aromatic heterocycles. The van der Waals surface area contributed by atoms with Crippen LogP contribution in [0.3, 0.4) is 0 Å². The Morgan fingerprint density at radius 3 is 2.35 bits per heavy atom. The van der Waals surface area contributed by atoms with Gasteiger partial charge in [0.05, 0.1) is 11.8 Å². The van der Waals surface area contributed by atoms with Crippen LogP contribution in [0.15, 0.2) is 17.1 Å². The summed E-state index contributed by atoms with van der Waals surface area (Å²) in [6.07, 6.45) is 6.00. The average molecular weight is 431 g/mol. The van der Waals surface area contributed by atoms with Crippen LogP contribution in [0.2, 0.25) is 0 Å². The second kappa shape index (κ2) is 9.69. The molecule has 2 aliphatic carbocycles. The van der Waals surface area contributed by atoms with Gasteiger partial charge in [0, 0.05) is 59.4 Å². The summed E-state index contributed by atoms with van der Waals surface area (Å²) < 4.78 is 0. The molecule has 2 amide bonds. The third-order valence-electron chi connectivity index (χ3n) is 7.42. The van der Waals surface area contributed by atoms with Crippen LogP contribution in [-0.4, -0.2) is 98.9 Å². The van der Waals surface area contributed by atoms with Crippen molar-refractivity contribution in [2.75, 3.05) is 66.5 Å². The first-order valence-corrected chi connectivity index (χ1v) is 11.9. The fourth-order valence-corrected chi connectivity index (χ4v) is 5.66. The molecule has 8 nitrogen and oxygen atoms in total. The number of amides is 2. The molecule has 5 unspecified atom stereocenters. The van der Waals surface area contributed by atoms with Crippen molar-refractivity contribution < 1.29 is 9.59 Å². The van der Waals surface area contributed by atoms with Gasteiger partial charge in [-0.3, -0.25) is 19.5 Å². The van der Waals surface area contributed by atoms with Crippen LogP contribution < -0.4 is 10.6 Å². The number of nitrogens with zero attached hydrogens (tertiary/aromatic N) is 4. The van der Waals surface area contributed by atoms with E-state index in [4.69, 9.17) is 0 Å². The standard InChI is InChI=1S/C23H38N6O2/c1-16(15-28-11-9-27(3)10-12-28)14-26-23(24-2)25-7-4-8-29-21(30)19-17-5-6-18(13-17)20(19)22(29)31/h5-6,16-20H,4,7-15H2,1-3H3,(H2,24,25,26). The number of allylic oxidation sites excluding steroid dienone is 2. The van der Waals surface area contributed by atoms with Crippen LogP contribution in [-0.2, 0) is 9.59 Å². The van der Waals surface area contributed by atoms with E-state index in [1.54, 1.807) is 7.05 Å². The number of hydrogen-bond acceptors (Lipinski definition) is 5. The van der Waals surface area contributed by atoms with Gasteiger partial charge in [-0.05, 0) is 37.6 Å². The van der Waals surface area contributed by atoms with Gasteiger partial charge in [0.2, 0.25) is 11.8 Å². The molecular weight excluding hydrogens is 392 g/mol. The molecule has 2 N–H and O–H groups in total. The number of hydrogen-bond donors (Lipinski definition) is 2. The number of carbonyl (C=O) groups excluding carboxylic acids is 2. The molecule has 4 aliphatic rings. The van der Waals surface area contributed by atoms with Gasteiger partial charge in [-0.25, -0.2) is 0 Å². The maximum atomic E-state index is 12.7. The summed E-state index contributed by atoms with van der Waals surface area (Å²) in [4.78, 5) is 36.2. The molecule has 0 spiro atoms. The number of nitrogens with one attached hydrogen (secondary N) is 2. The van der Waals surface area contributed by atoms with Crippen molar-refractivity contribution in [1.82, 2.24) is 25.3 Å². The van der Waals surface area contributed by atoms with E-state index >= 15 is 0 Å². The van der Waals surface area contributed by atoms with E-state index in [0.717, 1.165) is 58.1 Å². The second-order valence-corrected chi connectivity index (χ2v) is 9.77. The Kier molecular flexibility index (Phi) is 6.96. The summed E-state index contributed by atoms with van der Waals surface area (Å²) in [7, 11) is 3.96. The summed E-state index contributed by atoms with van der Waals surface area (Å²) in [5.41, 5.74) is 0. The minimum Gasteiger partial charge on any atom is -0.356 e. The van der Waals surface area contributed by atoms with E-state index in [0.29, 0.717) is 19.0 Å². The van der Waals surface area contributed by atoms with Crippen LogP contribution in [0.5, 0.6) is 0 Å². The van der Waals surface area contributed by atoms with Crippen molar-refractivity contribution in [1.29, 1.82) is 0 Å². The molecule has 2 aliphatic heterocycles.